The Morgan fingerprint density at radius 2 is 1.83 bits per heavy atom. The topological polar surface area (TPSA) is 55.1 Å². The van der Waals surface area contributed by atoms with Gasteiger partial charge in [0.2, 0.25) is 0 Å². The summed E-state index contributed by atoms with van der Waals surface area (Å²) in [6.07, 6.45) is 0. The van der Waals surface area contributed by atoms with Gasteiger partial charge in [0.05, 0.1) is 10.7 Å². The minimum Gasteiger partial charge on any atom is -0.360 e. The van der Waals surface area contributed by atoms with Crippen molar-refractivity contribution in [2.24, 2.45) is 0 Å². The van der Waals surface area contributed by atoms with Crippen molar-refractivity contribution in [2.75, 3.05) is 5.32 Å². The summed E-state index contributed by atoms with van der Waals surface area (Å²) in [7, 11) is 0. The predicted molar refractivity (Wildman–Crippen MR) is 95.6 cm³/mol. The lowest BCUT2D eigenvalue weighted by Gasteiger charge is -2.11. The summed E-state index contributed by atoms with van der Waals surface area (Å²) in [5, 5.41) is 7.44. The number of aryl methyl sites for hydroxylation is 3. The fraction of sp³-hybridized carbons (Fsp3) is 0.158. The van der Waals surface area contributed by atoms with Gasteiger partial charge in [-0.2, -0.15) is 0 Å². The maximum absolute atomic E-state index is 12.8. The number of hydrogen-bond acceptors (Lipinski definition) is 3. The van der Waals surface area contributed by atoms with Crippen LogP contribution in [0, 0.1) is 20.8 Å². The fourth-order valence-electron chi connectivity index (χ4n) is 2.68. The zero-order valence-electron chi connectivity index (χ0n) is 13.7. The summed E-state index contributed by atoms with van der Waals surface area (Å²) in [6, 6.07) is 13.3. The van der Waals surface area contributed by atoms with Crippen molar-refractivity contribution in [1.29, 1.82) is 0 Å². The Bertz CT molecular complexity index is 878. The number of nitrogens with zero attached hydrogens (tertiary/aromatic N) is 1. The Hall–Kier alpha value is -2.59. The Labute approximate surface area is 145 Å². The second-order valence-corrected chi connectivity index (χ2v) is 6.13. The molecule has 0 atom stereocenters. The van der Waals surface area contributed by atoms with Crippen LogP contribution in [0.15, 0.2) is 47.0 Å². The first-order valence-electron chi connectivity index (χ1n) is 7.57. The normalized spacial score (nSPS) is 10.7. The first-order valence-corrected chi connectivity index (χ1v) is 7.95. The smallest absolute Gasteiger partial charge is 0.261 e. The number of rotatable bonds is 3. The van der Waals surface area contributed by atoms with Crippen molar-refractivity contribution in [3.05, 3.63) is 69.9 Å². The van der Waals surface area contributed by atoms with Crippen molar-refractivity contribution in [1.82, 2.24) is 5.16 Å². The van der Waals surface area contributed by atoms with E-state index in [9.17, 15) is 4.79 Å². The second kappa shape index (κ2) is 6.49. The van der Waals surface area contributed by atoms with Crippen LogP contribution in [0.4, 0.5) is 5.69 Å². The molecule has 1 heterocycles. The van der Waals surface area contributed by atoms with Crippen LogP contribution in [0.1, 0.15) is 27.2 Å². The van der Waals surface area contributed by atoms with E-state index in [1.807, 2.05) is 56.3 Å². The molecule has 3 aromatic rings. The first kappa shape index (κ1) is 16.3. The number of hydrogen-bond donors (Lipinski definition) is 1. The van der Waals surface area contributed by atoms with Crippen molar-refractivity contribution in [3.63, 3.8) is 0 Å². The van der Waals surface area contributed by atoms with E-state index >= 15 is 0 Å². The van der Waals surface area contributed by atoms with Crippen LogP contribution >= 0.6 is 11.6 Å². The van der Waals surface area contributed by atoms with Crippen LogP contribution in [0.3, 0.4) is 0 Å². The van der Waals surface area contributed by atoms with Gasteiger partial charge in [-0.05, 0) is 38.0 Å². The zero-order valence-corrected chi connectivity index (χ0v) is 14.4. The molecule has 122 valence electrons. The molecular formula is C19H17ClN2O2. The molecular weight excluding hydrogens is 324 g/mol. The molecule has 0 spiro atoms. The lowest BCUT2D eigenvalue weighted by atomic mass is 10.1. The third kappa shape index (κ3) is 3.05. The van der Waals surface area contributed by atoms with Crippen LogP contribution in [0.2, 0.25) is 5.02 Å². The van der Waals surface area contributed by atoms with E-state index in [0.717, 1.165) is 16.7 Å². The standard InChI is InChI=1S/C19H17ClN2O2/c1-11-9-12(2)17(15(20)10-11)21-19(23)16-13(3)24-22-18(16)14-7-5-4-6-8-14/h4-10H,1-3H3,(H,21,23). The predicted octanol–water partition coefficient (Wildman–Crippen LogP) is 5.17. The lowest BCUT2D eigenvalue weighted by molar-refractivity contribution is 0.102. The van der Waals surface area contributed by atoms with Gasteiger partial charge in [-0.3, -0.25) is 4.79 Å². The first-order chi connectivity index (χ1) is 11.5. The molecule has 1 N–H and O–H groups in total. The SMILES string of the molecule is Cc1cc(C)c(NC(=O)c2c(-c3ccccc3)noc2C)c(Cl)c1. The van der Waals surface area contributed by atoms with Gasteiger partial charge in [-0.25, -0.2) is 0 Å². The van der Waals surface area contributed by atoms with Crippen LogP contribution < -0.4 is 5.32 Å². The second-order valence-electron chi connectivity index (χ2n) is 5.72. The molecule has 5 heteroatoms. The van der Waals surface area contributed by atoms with Crippen molar-refractivity contribution in [2.45, 2.75) is 20.8 Å². The van der Waals surface area contributed by atoms with Gasteiger partial charge in [-0.1, -0.05) is 53.2 Å². The summed E-state index contributed by atoms with van der Waals surface area (Å²) in [6.45, 7) is 5.59. The minimum absolute atomic E-state index is 0.290. The van der Waals surface area contributed by atoms with E-state index in [1.54, 1.807) is 6.92 Å². The quantitative estimate of drug-likeness (QED) is 0.715. The highest BCUT2D eigenvalue weighted by atomic mass is 35.5. The number of carbonyl (C=O) groups excluding carboxylic acids is 1. The average Bonchev–Trinajstić information content (AvgIpc) is 2.93. The zero-order chi connectivity index (χ0) is 17.3. The Kier molecular flexibility index (Phi) is 4.40. The average molecular weight is 341 g/mol. The molecule has 0 aliphatic heterocycles. The summed E-state index contributed by atoms with van der Waals surface area (Å²) in [4.78, 5) is 12.8. The largest absolute Gasteiger partial charge is 0.360 e. The van der Waals surface area contributed by atoms with E-state index < -0.39 is 0 Å². The minimum atomic E-state index is -0.290. The number of aromatic nitrogens is 1. The van der Waals surface area contributed by atoms with Gasteiger partial charge in [0.25, 0.3) is 5.91 Å². The summed E-state index contributed by atoms with van der Waals surface area (Å²) < 4.78 is 5.24. The van der Waals surface area contributed by atoms with E-state index in [1.165, 1.54) is 0 Å². The van der Waals surface area contributed by atoms with E-state index in [2.05, 4.69) is 10.5 Å². The van der Waals surface area contributed by atoms with E-state index in [-0.39, 0.29) is 5.91 Å². The van der Waals surface area contributed by atoms with Crippen molar-refractivity contribution < 1.29 is 9.32 Å². The molecule has 0 aliphatic rings. The number of nitrogens with one attached hydrogen (secondary N) is 1. The van der Waals surface area contributed by atoms with Crippen molar-refractivity contribution >= 4 is 23.2 Å². The third-order valence-corrected chi connectivity index (χ3v) is 4.11. The molecule has 24 heavy (non-hydrogen) atoms. The van der Waals surface area contributed by atoms with Gasteiger partial charge in [-0.15, -0.1) is 0 Å². The number of amides is 1. The molecule has 0 bridgehead atoms. The number of halogens is 1. The van der Waals surface area contributed by atoms with Crippen molar-refractivity contribution in [3.8, 4) is 11.3 Å². The Morgan fingerprint density at radius 3 is 2.50 bits per heavy atom. The molecule has 0 fully saturated rings. The molecule has 0 radical (unpaired) electrons. The van der Waals surface area contributed by atoms with Gasteiger partial charge < -0.3 is 9.84 Å². The molecule has 0 unspecified atom stereocenters. The van der Waals surface area contributed by atoms with Gasteiger partial charge in [0, 0.05) is 5.56 Å². The summed E-state index contributed by atoms with van der Waals surface area (Å²) in [5.74, 6) is 0.175. The van der Waals surface area contributed by atoms with Crippen LogP contribution in [-0.4, -0.2) is 11.1 Å². The number of anilines is 1. The highest BCUT2D eigenvalue weighted by Crippen LogP contribution is 2.30. The Balaban J connectivity index is 1.99. The highest BCUT2D eigenvalue weighted by Gasteiger charge is 2.22. The van der Waals surface area contributed by atoms with Gasteiger partial charge >= 0.3 is 0 Å². The highest BCUT2D eigenvalue weighted by molar-refractivity contribution is 6.34. The monoisotopic (exact) mass is 340 g/mol. The molecule has 0 saturated carbocycles. The maximum Gasteiger partial charge on any atom is 0.261 e. The van der Waals surface area contributed by atoms with Crippen LogP contribution in [-0.2, 0) is 0 Å². The maximum atomic E-state index is 12.8. The van der Waals surface area contributed by atoms with E-state index in [0.29, 0.717) is 27.7 Å². The summed E-state index contributed by atoms with van der Waals surface area (Å²) >= 11 is 6.28. The summed E-state index contributed by atoms with van der Waals surface area (Å²) in [5.41, 5.74) is 4.31. The fourth-order valence-corrected chi connectivity index (χ4v) is 3.05. The molecule has 1 amide bonds. The number of benzene rings is 2. The molecule has 2 aromatic carbocycles. The lowest BCUT2D eigenvalue weighted by Crippen LogP contribution is -2.14. The third-order valence-electron chi connectivity index (χ3n) is 3.81. The van der Waals surface area contributed by atoms with E-state index in [4.69, 9.17) is 16.1 Å². The Morgan fingerprint density at radius 1 is 1.12 bits per heavy atom. The van der Waals surface area contributed by atoms with Gasteiger partial charge in [0.15, 0.2) is 0 Å². The molecule has 4 nitrogen and oxygen atoms in total. The van der Waals surface area contributed by atoms with Gasteiger partial charge in [0.1, 0.15) is 17.0 Å². The van der Waals surface area contributed by atoms with Crippen LogP contribution in [0.5, 0.6) is 0 Å². The molecule has 1 aromatic heterocycles. The number of carbonyl (C=O) groups is 1. The molecule has 3 rings (SSSR count). The molecule has 0 saturated heterocycles. The molecule has 0 aliphatic carbocycles. The van der Waals surface area contributed by atoms with Crippen LogP contribution in [0.25, 0.3) is 11.3 Å².